The standard InChI is InChI=1S/C18H20INO/c1-4-13-7-6-8-14(5-2)17(13)20-18(21)15-10-9-12(3)11-16(15)19/h6-11H,4-5H2,1-3H3,(H,20,21). The molecule has 0 atom stereocenters. The molecule has 0 saturated heterocycles. The van der Waals surface area contributed by atoms with Crippen molar-refractivity contribution in [1.82, 2.24) is 0 Å². The molecule has 0 unspecified atom stereocenters. The van der Waals surface area contributed by atoms with Crippen molar-refractivity contribution in [2.45, 2.75) is 33.6 Å². The van der Waals surface area contributed by atoms with E-state index < -0.39 is 0 Å². The molecule has 21 heavy (non-hydrogen) atoms. The maximum atomic E-state index is 12.6. The lowest BCUT2D eigenvalue weighted by Gasteiger charge is -2.15. The first kappa shape index (κ1) is 16.0. The van der Waals surface area contributed by atoms with Crippen LogP contribution in [0.15, 0.2) is 36.4 Å². The number of halogens is 1. The first-order valence-electron chi connectivity index (χ1n) is 7.25. The van der Waals surface area contributed by atoms with Crippen LogP contribution in [-0.2, 0) is 12.8 Å². The quantitative estimate of drug-likeness (QED) is 0.730. The molecule has 110 valence electrons. The van der Waals surface area contributed by atoms with Crippen LogP contribution in [0.2, 0.25) is 0 Å². The fraction of sp³-hybridized carbons (Fsp3) is 0.278. The molecule has 0 radical (unpaired) electrons. The van der Waals surface area contributed by atoms with Gasteiger partial charge in [0.2, 0.25) is 0 Å². The lowest BCUT2D eigenvalue weighted by Crippen LogP contribution is -2.16. The average Bonchev–Trinajstić information content (AvgIpc) is 2.47. The van der Waals surface area contributed by atoms with Crippen molar-refractivity contribution < 1.29 is 4.79 Å². The third kappa shape index (κ3) is 3.64. The largest absolute Gasteiger partial charge is 0.321 e. The Labute approximate surface area is 140 Å². The molecule has 0 heterocycles. The summed E-state index contributed by atoms with van der Waals surface area (Å²) in [5.41, 5.74) is 5.24. The maximum absolute atomic E-state index is 12.6. The van der Waals surface area contributed by atoms with Gasteiger partial charge in [-0.2, -0.15) is 0 Å². The number of carbonyl (C=O) groups is 1. The van der Waals surface area contributed by atoms with E-state index in [-0.39, 0.29) is 5.91 Å². The van der Waals surface area contributed by atoms with Crippen LogP contribution in [0.25, 0.3) is 0 Å². The molecule has 2 aromatic rings. The maximum Gasteiger partial charge on any atom is 0.256 e. The summed E-state index contributed by atoms with van der Waals surface area (Å²) in [6, 6.07) is 12.1. The topological polar surface area (TPSA) is 29.1 Å². The Morgan fingerprint density at radius 2 is 1.71 bits per heavy atom. The van der Waals surface area contributed by atoms with Gasteiger partial charge in [-0.15, -0.1) is 0 Å². The van der Waals surface area contributed by atoms with Crippen molar-refractivity contribution in [2.75, 3.05) is 5.32 Å². The summed E-state index contributed by atoms with van der Waals surface area (Å²) in [6.45, 7) is 6.26. The van der Waals surface area contributed by atoms with E-state index in [2.05, 4.69) is 60.0 Å². The van der Waals surface area contributed by atoms with E-state index in [1.165, 1.54) is 16.7 Å². The zero-order chi connectivity index (χ0) is 15.4. The first-order chi connectivity index (χ1) is 10.1. The molecule has 1 amide bonds. The molecule has 0 fully saturated rings. The molecule has 0 bridgehead atoms. The molecule has 0 spiro atoms. The van der Waals surface area contributed by atoms with Gasteiger partial charge in [0.25, 0.3) is 5.91 Å². The van der Waals surface area contributed by atoms with Crippen LogP contribution < -0.4 is 5.32 Å². The number of amides is 1. The Morgan fingerprint density at radius 1 is 1.10 bits per heavy atom. The van der Waals surface area contributed by atoms with Gasteiger partial charge in [0.15, 0.2) is 0 Å². The van der Waals surface area contributed by atoms with E-state index in [1.54, 1.807) is 0 Å². The third-order valence-corrected chi connectivity index (χ3v) is 4.50. The minimum atomic E-state index is -0.0324. The van der Waals surface area contributed by atoms with Gasteiger partial charge in [0.05, 0.1) is 5.56 Å². The molecular formula is C18H20INO. The van der Waals surface area contributed by atoms with E-state index in [4.69, 9.17) is 0 Å². The van der Waals surface area contributed by atoms with E-state index in [0.717, 1.165) is 27.7 Å². The Balaban J connectivity index is 2.35. The monoisotopic (exact) mass is 393 g/mol. The number of benzene rings is 2. The van der Waals surface area contributed by atoms with Crippen LogP contribution in [0, 0.1) is 10.5 Å². The summed E-state index contributed by atoms with van der Waals surface area (Å²) < 4.78 is 0.983. The van der Waals surface area contributed by atoms with Crippen molar-refractivity contribution in [1.29, 1.82) is 0 Å². The minimum Gasteiger partial charge on any atom is -0.321 e. The van der Waals surface area contributed by atoms with Crippen LogP contribution >= 0.6 is 22.6 Å². The number of anilines is 1. The second-order valence-electron chi connectivity index (χ2n) is 5.10. The lowest BCUT2D eigenvalue weighted by atomic mass is 10.0. The normalized spacial score (nSPS) is 10.5. The predicted octanol–water partition coefficient (Wildman–Crippen LogP) is 4.98. The van der Waals surface area contributed by atoms with Crippen LogP contribution in [0.3, 0.4) is 0 Å². The molecular weight excluding hydrogens is 373 g/mol. The number of aryl methyl sites for hydroxylation is 3. The second kappa shape index (κ2) is 7.07. The summed E-state index contributed by atoms with van der Waals surface area (Å²) in [5, 5.41) is 3.11. The number of rotatable bonds is 4. The van der Waals surface area contributed by atoms with Crippen molar-refractivity contribution in [3.05, 3.63) is 62.2 Å². The zero-order valence-electron chi connectivity index (χ0n) is 12.7. The Hall–Kier alpha value is -1.36. The Morgan fingerprint density at radius 3 is 2.24 bits per heavy atom. The molecule has 0 aliphatic rings. The Bertz CT molecular complexity index is 642. The van der Waals surface area contributed by atoms with E-state index in [1.807, 2.05) is 25.1 Å². The van der Waals surface area contributed by atoms with Gasteiger partial charge in [0, 0.05) is 9.26 Å². The first-order valence-corrected chi connectivity index (χ1v) is 8.33. The smallest absolute Gasteiger partial charge is 0.256 e. The van der Waals surface area contributed by atoms with Gasteiger partial charge in [-0.1, -0.05) is 43.7 Å². The molecule has 0 aromatic heterocycles. The molecule has 2 aromatic carbocycles. The van der Waals surface area contributed by atoms with Gasteiger partial charge in [-0.25, -0.2) is 0 Å². The van der Waals surface area contributed by atoms with Gasteiger partial charge in [0.1, 0.15) is 0 Å². The van der Waals surface area contributed by atoms with Crippen LogP contribution in [-0.4, -0.2) is 5.91 Å². The van der Waals surface area contributed by atoms with Crippen LogP contribution in [0.1, 0.15) is 40.9 Å². The molecule has 0 saturated carbocycles. The van der Waals surface area contributed by atoms with Gasteiger partial charge in [-0.3, -0.25) is 4.79 Å². The molecule has 0 aliphatic carbocycles. The fourth-order valence-electron chi connectivity index (χ4n) is 2.39. The summed E-state index contributed by atoms with van der Waals surface area (Å²) in [5.74, 6) is -0.0324. The highest BCUT2D eigenvalue weighted by Gasteiger charge is 2.14. The number of nitrogens with one attached hydrogen (secondary N) is 1. The SMILES string of the molecule is CCc1cccc(CC)c1NC(=O)c1ccc(C)cc1I. The number of para-hydroxylation sites is 1. The highest BCUT2D eigenvalue weighted by atomic mass is 127. The lowest BCUT2D eigenvalue weighted by molar-refractivity contribution is 0.102. The average molecular weight is 393 g/mol. The summed E-state index contributed by atoms with van der Waals surface area (Å²) >= 11 is 2.22. The molecule has 2 nitrogen and oxygen atoms in total. The van der Waals surface area contributed by atoms with Crippen LogP contribution in [0.4, 0.5) is 5.69 Å². The third-order valence-electron chi connectivity index (χ3n) is 3.61. The highest BCUT2D eigenvalue weighted by molar-refractivity contribution is 14.1. The van der Waals surface area contributed by atoms with E-state index in [0.29, 0.717) is 0 Å². The highest BCUT2D eigenvalue weighted by Crippen LogP contribution is 2.24. The number of hydrogen-bond acceptors (Lipinski definition) is 1. The number of hydrogen-bond donors (Lipinski definition) is 1. The van der Waals surface area contributed by atoms with Gasteiger partial charge < -0.3 is 5.32 Å². The molecule has 3 heteroatoms. The van der Waals surface area contributed by atoms with Crippen LogP contribution in [0.5, 0.6) is 0 Å². The van der Waals surface area contributed by atoms with E-state index in [9.17, 15) is 4.79 Å². The summed E-state index contributed by atoms with van der Waals surface area (Å²) in [4.78, 5) is 12.6. The van der Waals surface area contributed by atoms with E-state index >= 15 is 0 Å². The molecule has 0 aliphatic heterocycles. The fourth-order valence-corrected chi connectivity index (χ4v) is 3.30. The van der Waals surface area contributed by atoms with Gasteiger partial charge in [-0.05, 0) is 65.6 Å². The number of carbonyl (C=O) groups excluding carboxylic acids is 1. The molecule has 1 N–H and O–H groups in total. The van der Waals surface area contributed by atoms with Gasteiger partial charge >= 0.3 is 0 Å². The summed E-state index contributed by atoms with van der Waals surface area (Å²) in [7, 11) is 0. The van der Waals surface area contributed by atoms with Crippen molar-refractivity contribution in [3.63, 3.8) is 0 Å². The van der Waals surface area contributed by atoms with Crippen molar-refractivity contribution in [3.8, 4) is 0 Å². The molecule has 2 rings (SSSR count). The Kier molecular flexibility index (Phi) is 5.39. The van der Waals surface area contributed by atoms with Crippen molar-refractivity contribution in [2.24, 2.45) is 0 Å². The second-order valence-corrected chi connectivity index (χ2v) is 6.26. The zero-order valence-corrected chi connectivity index (χ0v) is 14.8. The minimum absolute atomic E-state index is 0.0324. The van der Waals surface area contributed by atoms with Crippen molar-refractivity contribution >= 4 is 34.2 Å². The summed E-state index contributed by atoms with van der Waals surface area (Å²) in [6.07, 6.45) is 1.82. The predicted molar refractivity (Wildman–Crippen MR) is 97.0 cm³/mol.